The summed E-state index contributed by atoms with van der Waals surface area (Å²) in [5.41, 5.74) is 5.30. The van der Waals surface area contributed by atoms with Gasteiger partial charge in [0.25, 0.3) is 0 Å². The van der Waals surface area contributed by atoms with Crippen molar-refractivity contribution < 1.29 is 8.42 Å². The van der Waals surface area contributed by atoms with E-state index in [-0.39, 0.29) is 10.5 Å². The van der Waals surface area contributed by atoms with E-state index < -0.39 is 15.3 Å². The summed E-state index contributed by atoms with van der Waals surface area (Å²) in [5, 5.41) is -0.782. The molecule has 4 rings (SSSR count). The standard InChI is InChI=1S/C13H22N2O2S2/c1-8(12(14)18)19(16,17)15-13-5-9-2-10(6-13)4-11(3-9)7-13/h8-11,15H,2-7H2,1H3,(H2,14,18). The average molecular weight is 302 g/mol. The first-order valence-electron chi connectivity index (χ1n) is 7.12. The molecular formula is C13H22N2O2S2. The van der Waals surface area contributed by atoms with E-state index in [1.165, 1.54) is 19.3 Å². The predicted octanol–water partition coefficient (Wildman–Crippen LogP) is 1.55. The van der Waals surface area contributed by atoms with Crippen molar-refractivity contribution in [1.82, 2.24) is 4.72 Å². The Morgan fingerprint density at radius 1 is 1.21 bits per heavy atom. The lowest BCUT2D eigenvalue weighted by Gasteiger charge is -2.56. The zero-order valence-corrected chi connectivity index (χ0v) is 12.9. The van der Waals surface area contributed by atoms with Crippen LogP contribution < -0.4 is 10.5 Å². The lowest BCUT2D eigenvalue weighted by molar-refractivity contribution is -0.00813. The zero-order chi connectivity index (χ0) is 13.8. The first-order valence-corrected chi connectivity index (χ1v) is 9.07. The Kier molecular flexibility index (Phi) is 3.19. The van der Waals surface area contributed by atoms with Gasteiger partial charge in [0, 0.05) is 5.54 Å². The van der Waals surface area contributed by atoms with E-state index in [1.54, 1.807) is 6.92 Å². The minimum absolute atomic E-state index is 0.0530. The Hall–Kier alpha value is -0.200. The fourth-order valence-corrected chi connectivity index (χ4v) is 6.49. The molecule has 6 heteroatoms. The van der Waals surface area contributed by atoms with Crippen molar-refractivity contribution in [1.29, 1.82) is 0 Å². The number of thiocarbonyl (C=S) groups is 1. The summed E-state index contributed by atoms with van der Waals surface area (Å²) in [6, 6.07) is 0. The fourth-order valence-electron chi connectivity index (χ4n) is 4.78. The van der Waals surface area contributed by atoms with E-state index >= 15 is 0 Å². The van der Waals surface area contributed by atoms with Crippen LogP contribution in [0.3, 0.4) is 0 Å². The van der Waals surface area contributed by atoms with E-state index in [1.807, 2.05) is 0 Å². The summed E-state index contributed by atoms with van der Waals surface area (Å²) < 4.78 is 27.7. The Bertz CT molecular complexity index is 465. The van der Waals surface area contributed by atoms with Crippen LogP contribution in [0.5, 0.6) is 0 Å². The highest BCUT2D eigenvalue weighted by atomic mass is 32.2. The van der Waals surface area contributed by atoms with E-state index in [0.29, 0.717) is 17.8 Å². The molecule has 4 nitrogen and oxygen atoms in total. The van der Waals surface area contributed by atoms with Gasteiger partial charge in [0.05, 0.1) is 4.99 Å². The van der Waals surface area contributed by atoms with E-state index in [9.17, 15) is 8.42 Å². The van der Waals surface area contributed by atoms with Gasteiger partial charge in [-0.3, -0.25) is 0 Å². The van der Waals surface area contributed by atoms with Gasteiger partial charge in [-0.05, 0) is 63.2 Å². The summed E-state index contributed by atoms with van der Waals surface area (Å²) in [6.07, 6.45) is 6.90. The maximum atomic E-state index is 12.4. The Labute approximate surface area is 120 Å². The van der Waals surface area contributed by atoms with Gasteiger partial charge >= 0.3 is 0 Å². The second kappa shape index (κ2) is 4.40. The van der Waals surface area contributed by atoms with Crippen LogP contribution in [0.15, 0.2) is 0 Å². The molecule has 0 saturated heterocycles. The number of hydrogen-bond donors (Lipinski definition) is 2. The third-order valence-electron chi connectivity index (χ3n) is 5.26. The van der Waals surface area contributed by atoms with Crippen molar-refractivity contribution >= 4 is 27.2 Å². The first-order chi connectivity index (χ1) is 8.80. The van der Waals surface area contributed by atoms with Gasteiger partial charge in [-0.1, -0.05) is 12.2 Å². The summed E-state index contributed by atoms with van der Waals surface area (Å²) in [5.74, 6) is 2.15. The smallest absolute Gasteiger partial charge is 0.221 e. The van der Waals surface area contributed by atoms with E-state index in [0.717, 1.165) is 19.3 Å². The number of sulfonamides is 1. The van der Waals surface area contributed by atoms with E-state index in [2.05, 4.69) is 4.72 Å². The molecule has 1 unspecified atom stereocenters. The highest BCUT2D eigenvalue weighted by Crippen LogP contribution is 2.55. The van der Waals surface area contributed by atoms with Crippen molar-refractivity contribution in [3.8, 4) is 0 Å². The molecule has 0 heterocycles. The molecule has 0 amide bonds. The molecule has 0 aromatic rings. The van der Waals surface area contributed by atoms with Crippen molar-refractivity contribution in [3.05, 3.63) is 0 Å². The lowest BCUT2D eigenvalue weighted by atomic mass is 9.53. The normalized spacial score (nSPS) is 42.3. The summed E-state index contributed by atoms with van der Waals surface area (Å²) in [6.45, 7) is 1.57. The fraction of sp³-hybridized carbons (Fsp3) is 0.923. The topological polar surface area (TPSA) is 72.2 Å². The number of nitrogens with one attached hydrogen (secondary N) is 1. The van der Waals surface area contributed by atoms with Crippen molar-refractivity contribution in [3.63, 3.8) is 0 Å². The number of nitrogens with two attached hydrogens (primary N) is 1. The molecule has 0 aromatic heterocycles. The maximum Gasteiger partial charge on any atom is 0.221 e. The molecule has 0 spiro atoms. The number of hydrogen-bond acceptors (Lipinski definition) is 3. The van der Waals surface area contributed by atoms with E-state index in [4.69, 9.17) is 18.0 Å². The molecule has 4 aliphatic rings. The molecule has 1 atom stereocenters. The Morgan fingerprint density at radius 2 is 1.63 bits per heavy atom. The minimum atomic E-state index is -3.44. The molecule has 4 bridgehead atoms. The van der Waals surface area contributed by atoms with Crippen LogP contribution in [0, 0.1) is 17.8 Å². The average Bonchev–Trinajstić information content (AvgIpc) is 2.24. The lowest BCUT2D eigenvalue weighted by Crippen LogP contribution is -2.61. The highest BCUT2D eigenvalue weighted by Gasteiger charge is 2.52. The van der Waals surface area contributed by atoms with Gasteiger partial charge in [-0.15, -0.1) is 0 Å². The second-order valence-corrected chi connectivity index (χ2v) is 9.36. The quantitative estimate of drug-likeness (QED) is 0.773. The van der Waals surface area contributed by atoms with Gasteiger partial charge in [-0.25, -0.2) is 13.1 Å². The predicted molar refractivity (Wildman–Crippen MR) is 79.2 cm³/mol. The van der Waals surface area contributed by atoms with Gasteiger partial charge in [0.1, 0.15) is 5.25 Å². The molecule has 0 aromatic carbocycles. The highest BCUT2D eigenvalue weighted by molar-refractivity contribution is 7.93. The summed E-state index contributed by atoms with van der Waals surface area (Å²) in [7, 11) is -3.44. The van der Waals surface area contributed by atoms with Gasteiger partial charge in [-0.2, -0.15) is 0 Å². The van der Waals surface area contributed by atoms with Crippen molar-refractivity contribution in [2.24, 2.45) is 23.5 Å². The Morgan fingerprint density at radius 3 is 2.00 bits per heavy atom. The van der Waals surface area contributed by atoms with Crippen LogP contribution in [0.25, 0.3) is 0 Å². The number of rotatable bonds is 4. The van der Waals surface area contributed by atoms with Crippen LogP contribution in [0.1, 0.15) is 45.4 Å². The van der Waals surface area contributed by atoms with Gasteiger partial charge < -0.3 is 5.73 Å². The van der Waals surface area contributed by atoms with Crippen LogP contribution in [-0.2, 0) is 10.0 Å². The molecule has 4 saturated carbocycles. The molecule has 108 valence electrons. The second-order valence-electron chi connectivity index (χ2n) is 6.89. The van der Waals surface area contributed by atoms with Crippen molar-refractivity contribution in [2.45, 2.75) is 56.2 Å². The summed E-state index contributed by atoms with van der Waals surface area (Å²) >= 11 is 4.83. The molecule has 4 aliphatic carbocycles. The Balaban J connectivity index is 1.81. The maximum absolute atomic E-state index is 12.4. The molecule has 0 aliphatic heterocycles. The van der Waals surface area contributed by atoms with Crippen LogP contribution in [0.4, 0.5) is 0 Å². The third-order valence-corrected chi connectivity index (χ3v) is 7.67. The van der Waals surface area contributed by atoms with Gasteiger partial charge in [0.15, 0.2) is 0 Å². The molecule has 4 fully saturated rings. The molecular weight excluding hydrogens is 280 g/mol. The monoisotopic (exact) mass is 302 g/mol. The molecule has 3 N–H and O–H groups in total. The van der Waals surface area contributed by atoms with Crippen LogP contribution in [0.2, 0.25) is 0 Å². The van der Waals surface area contributed by atoms with Crippen LogP contribution in [-0.4, -0.2) is 24.2 Å². The minimum Gasteiger partial charge on any atom is -0.392 e. The van der Waals surface area contributed by atoms with Crippen LogP contribution >= 0.6 is 12.2 Å². The SMILES string of the molecule is CC(C(N)=S)S(=O)(=O)NC12CC3CC(CC(C3)C1)C2. The summed E-state index contributed by atoms with van der Waals surface area (Å²) in [4.78, 5) is 0.0530. The third kappa shape index (κ3) is 2.43. The zero-order valence-electron chi connectivity index (χ0n) is 11.3. The first kappa shape index (κ1) is 13.8. The van der Waals surface area contributed by atoms with Gasteiger partial charge in [0.2, 0.25) is 10.0 Å². The largest absolute Gasteiger partial charge is 0.392 e. The molecule has 19 heavy (non-hydrogen) atoms. The molecule has 0 radical (unpaired) electrons. The van der Waals surface area contributed by atoms with Crippen molar-refractivity contribution in [2.75, 3.05) is 0 Å².